The minimum atomic E-state index is -4.84. The van der Waals surface area contributed by atoms with Crippen molar-refractivity contribution >= 4 is 5.82 Å². The molecular formula is C23H30F3N5O2. The summed E-state index contributed by atoms with van der Waals surface area (Å²) in [6.45, 7) is 9.06. The summed E-state index contributed by atoms with van der Waals surface area (Å²) in [6.07, 6.45) is -0.756. The fourth-order valence-electron chi connectivity index (χ4n) is 5.74. The summed E-state index contributed by atoms with van der Waals surface area (Å²) in [4.78, 5) is 6.47. The zero-order valence-electron chi connectivity index (χ0n) is 19.0. The van der Waals surface area contributed by atoms with Crippen LogP contribution in [-0.2, 0) is 4.74 Å². The number of alkyl halides is 3. The van der Waals surface area contributed by atoms with Gasteiger partial charge in [0, 0.05) is 48.5 Å². The summed E-state index contributed by atoms with van der Waals surface area (Å²) in [5.74, 6) is 0.884. The number of morpholine rings is 1. The second kappa shape index (κ2) is 8.16. The molecule has 0 amide bonds. The molecule has 2 N–H and O–H groups in total. The van der Waals surface area contributed by atoms with Crippen LogP contribution < -0.4 is 10.5 Å². The van der Waals surface area contributed by atoms with Gasteiger partial charge in [-0.25, -0.2) is 4.98 Å². The second-order valence-corrected chi connectivity index (χ2v) is 9.80. The first-order valence-electron chi connectivity index (χ1n) is 11.6. The lowest BCUT2D eigenvalue weighted by molar-refractivity contribution is -0.274. The Bertz CT molecular complexity index is 1010. The van der Waals surface area contributed by atoms with E-state index < -0.39 is 12.1 Å². The number of nitrogens with two attached hydrogens (primary N) is 1. The van der Waals surface area contributed by atoms with Crippen LogP contribution in [0.2, 0.25) is 0 Å². The Morgan fingerprint density at radius 2 is 1.94 bits per heavy atom. The van der Waals surface area contributed by atoms with Crippen LogP contribution in [0.4, 0.5) is 19.0 Å². The number of pyridine rings is 1. The lowest BCUT2D eigenvalue weighted by Gasteiger charge is -2.36. The van der Waals surface area contributed by atoms with E-state index >= 15 is 0 Å². The number of nitrogen functional groups attached to an aromatic ring is 1. The molecule has 33 heavy (non-hydrogen) atoms. The molecule has 0 aromatic carbocycles. The average Bonchev–Trinajstić information content (AvgIpc) is 3.09. The highest BCUT2D eigenvalue weighted by molar-refractivity contribution is 5.64. The van der Waals surface area contributed by atoms with Crippen LogP contribution in [0.1, 0.15) is 51.3 Å². The molecule has 2 aromatic rings. The van der Waals surface area contributed by atoms with Crippen molar-refractivity contribution in [3.63, 3.8) is 0 Å². The van der Waals surface area contributed by atoms with Gasteiger partial charge in [0.25, 0.3) is 0 Å². The van der Waals surface area contributed by atoms with Crippen molar-refractivity contribution in [3.05, 3.63) is 24.0 Å². The van der Waals surface area contributed by atoms with Gasteiger partial charge in [0.1, 0.15) is 0 Å². The number of ether oxygens (including phenoxy) is 2. The van der Waals surface area contributed by atoms with Gasteiger partial charge in [-0.2, -0.15) is 5.10 Å². The third kappa shape index (κ3) is 4.42. The van der Waals surface area contributed by atoms with Crippen LogP contribution in [0.15, 0.2) is 18.3 Å². The predicted molar refractivity (Wildman–Crippen MR) is 117 cm³/mol. The van der Waals surface area contributed by atoms with Crippen molar-refractivity contribution in [1.82, 2.24) is 19.7 Å². The van der Waals surface area contributed by atoms with Gasteiger partial charge in [0.05, 0.1) is 18.4 Å². The number of anilines is 1. The third-order valence-corrected chi connectivity index (χ3v) is 7.21. The van der Waals surface area contributed by atoms with E-state index in [9.17, 15) is 13.2 Å². The molecular weight excluding hydrogens is 435 g/mol. The van der Waals surface area contributed by atoms with Crippen molar-refractivity contribution < 1.29 is 22.6 Å². The Morgan fingerprint density at radius 1 is 1.21 bits per heavy atom. The van der Waals surface area contributed by atoms with Crippen molar-refractivity contribution in [2.45, 2.75) is 64.1 Å². The highest BCUT2D eigenvalue weighted by Gasteiger charge is 2.58. The molecule has 3 heterocycles. The van der Waals surface area contributed by atoms with Crippen molar-refractivity contribution in [2.24, 2.45) is 11.8 Å². The van der Waals surface area contributed by atoms with Gasteiger partial charge in [0.15, 0.2) is 11.6 Å². The molecule has 3 aliphatic rings. The number of aromatic nitrogens is 3. The normalized spacial score (nSPS) is 30.0. The fraction of sp³-hybridized carbons (Fsp3) is 0.652. The van der Waals surface area contributed by atoms with Crippen LogP contribution in [0, 0.1) is 11.8 Å². The Morgan fingerprint density at radius 3 is 2.58 bits per heavy atom. The first-order valence-corrected chi connectivity index (χ1v) is 11.6. The van der Waals surface area contributed by atoms with Gasteiger partial charge in [0.2, 0.25) is 0 Å². The predicted octanol–water partition coefficient (Wildman–Crippen LogP) is 4.22. The Labute approximate surface area is 191 Å². The molecule has 0 bridgehead atoms. The maximum atomic E-state index is 12.7. The van der Waals surface area contributed by atoms with Crippen LogP contribution in [0.5, 0.6) is 5.75 Å². The van der Waals surface area contributed by atoms with Gasteiger partial charge in [-0.05, 0) is 57.6 Å². The van der Waals surface area contributed by atoms with Crippen molar-refractivity contribution in [3.8, 4) is 17.0 Å². The van der Waals surface area contributed by atoms with E-state index in [0.29, 0.717) is 35.1 Å². The van der Waals surface area contributed by atoms with Crippen LogP contribution in [0.3, 0.4) is 0 Å². The van der Waals surface area contributed by atoms with E-state index in [2.05, 4.69) is 35.4 Å². The first kappa shape index (κ1) is 22.5. The largest absolute Gasteiger partial charge is 0.573 e. The molecule has 0 spiro atoms. The molecule has 2 saturated carbocycles. The number of rotatable bonds is 5. The summed E-state index contributed by atoms with van der Waals surface area (Å²) in [6, 6.07) is 4.01. The molecule has 0 radical (unpaired) electrons. The Hall–Kier alpha value is -2.33. The van der Waals surface area contributed by atoms with Crippen molar-refractivity contribution in [2.75, 3.05) is 25.4 Å². The summed E-state index contributed by atoms with van der Waals surface area (Å²) >= 11 is 0. The SMILES string of the molecule is CC(C)n1nc(-c2cnc(N)c(OC(F)(F)F)c2)cc1C1[C@H]2CC(N3CCO[C@H](C)C3)C[C@@H]12. The van der Waals surface area contributed by atoms with E-state index in [4.69, 9.17) is 15.6 Å². The Balaban J connectivity index is 1.35. The average molecular weight is 466 g/mol. The Kier molecular flexibility index (Phi) is 5.55. The van der Waals surface area contributed by atoms with Gasteiger partial charge in [-0.3, -0.25) is 9.58 Å². The minimum absolute atomic E-state index is 0.138. The van der Waals surface area contributed by atoms with E-state index in [1.807, 2.05) is 10.7 Å². The van der Waals surface area contributed by atoms with Gasteiger partial charge < -0.3 is 15.2 Å². The number of hydrogen-bond donors (Lipinski definition) is 1. The third-order valence-electron chi connectivity index (χ3n) is 7.21. The first-order chi connectivity index (χ1) is 15.6. The molecule has 1 saturated heterocycles. The van der Waals surface area contributed by atoms with Gasteiger partial charge in [-0.15, -0.1) is 13.2 Å². The van der Waals surface area contributed by atoms with Crippen LogP contribution in [0.25, 0.3) is 11.3 Å². The number of nitrogens with zero attached hydrogens (tertiary/aromatic N) is 4. The number of hydrogen-bond acceptors (Lipinski definition) is 6. The van der Waals surface area contributed by atoms with Crippen LogP contribution >= 0.6 is 0 Å². The highest BCUT2D eigenvalue weighted by Crippen LogP contribution is 2.64. The summed E-state index contributed by atoms with van der Waals surface area (Å²) in [7, 11) is 0. The molecule has 7 nitrogen and oxygen atoms in total. The molecule has 5 rings (SSSR count). The number of halogens is 3. The molecule has 180 valence electrons. The number of fused-ring (bicyclic) bond motifs is 1. The summed E-state index contributed by atoms with van der Waals surface area (Å²) < 4.78 is 49.9. The lowest BCUT2D eigenvalue weighted by Crippen LogP contribution is -2.46. The van der Waals surface area contributed by atoms with Gasteiger partial charge >= 0.3 is 6.36 Å². The molecule has 2 aliphatic carbocycles. The molecule has 10 heteroatoms. The molecule has 2 unspecified atom stereocenters. The molecule has 5 atom stereocenters. The molecule has 3 fully saturated rings. The van der Waals surface area contributed by atoms with E-state index in [0.717, 1.165) is 25.4 Å². The molecule has 2 aromatic heterocycles. The highest BCUT2D eigenvalue weighted by atomic mass is 19.4. The van der Waals surface area contributed by atoms with E-state index in [1.165, 1.54) is 25.1 Å². The van der Waals surface area contributed by atoms with E-state index in [1.54, 1.807) is 0 Å². The van der Waals surface area contributed by atoms with Crippen molar-refractivity contribution in [1.29, 1.82) is 0 Å². The summed E-state index contributed by atoms with van der Waals surface area (Å²) in [5, 5.41) is 4.73. The second-order valence-electron chi connectivity index (χ2n) is 9.80. The monoisotopic (exact) mass is 465 g/mol. The zero-order valence-corrected chi connectivity index (χ0v) is 19.0. The molecule has 1 aliphatic heterocycles. The minimum Gasteiger partial charge on any atom is -0.402 e. The van der Waals surface area contributed by atoms with E-state index in [-0.39, 0.29) is 18.0 Å². The summed E-state index contributed by atoms with van der Waals surface area (Å²) in [5.41, 5.74) is 7.78. The zero-order chi connectivity index (χ0) is 23.5. The maximum Gasteiger partial charge on any atom is 0.573 e. The standard InChI is InChI=1S/C23H30F3N5O2/c1-12(2)31-19(21-16-7-15(8-17(16)21)30-4-5-32-13(3)11-30)9-18(29-31)14-6-20(22(27)28-10-14)33-23(24,25)26/h6,9-10,12-13,15-17,21H,4-5,7-8,11H2,1-3H3,(H2,27,28)/t13-,15?,16-,17+,21?/m1/s1. The lowest BCUT2D eigenvalue weighted by atomic mass is 10.0. The quantitative estimate of drug-likeness (QED) is 0.713. The fourth-order valence-corrected chi connectivity index (χ4v) is 5.74. The maximum absolute atomic E-state index is 12.7. The smallest absolute Gasteiger partial charge is 0.402 e. The van der Waals surface area contributed by atoms with Gasteiger partial charge in [-0.1, -0.05) is 0 Å². The van der Waals surface area contributed by atoms with Crippen LogP contribution in [-0.4, -0.2) is 57.9 Å². The topological polar surface area (TPSA) is 78.4 Å².